The van der Waals surface area contributed by atoms with E-state index in [0.717, 1.165) is 11.3 Å². The van der Waals surface area contributed by atoms with Crippen molar-refractivity contribution >= 4 is 11.9 Å². The second kappa shape index (κ2) is 10.8. The minimum atomic E-state index is -0.266. The van der Waals surface area contributed by atoms with Gasteiger partial charge in [-0.05, 0) is 47.9 Å². The molecule has 0 saturated carbocycles. The number of nitrogens with one attached hydrogen (secondary N) is 3. The summed E-state index contributed by atoms with van der Waals surface area (Å²) in [5, 5.41) is 9.43. The molecule has 1 amide bonds. The number of rotatable bonds is 8. The van der Waals surface area contributed by atoms with Crippen LogP contribution in [0.25, 0.3) is 0 Å². The number of hydrogen-bond acceptors (Lipinski definition) is 4. The van der Waals surface area contributed by atoms with Gasteiger partial charge in [-0.2, -0.15) is 0 Å². The molecule has 152 valence electrons. The van der Waals surface area contributed by atoms with Gasteiger partial charge in [-0.15, -0.1) is 0 Å². The highest BCUT2D eigenvalue weighted by molar-refractivity contribution is 5.85. The molecule has 0 aliphatic heterocycles. The van der Waals surface area contributed by atoms with Crippen LogP contribution in [0.5, 0.6) is 5.75 Å². The number of methoxy groups -OCH3 is 1. The van der Waals surface area contributed by atoms with Gasteiger partial charge in [0.05, 0.1) is 13.2 Å². The van der Waals surface area contributed by atoms with E-state index in [4.69, 9.17) is 4.74 Å². The predicted molar refractivity (Wildman–Crippen MR) is 111 cm³/mol. The van der Waals surface area contributed by atoms with E-state index in [1.165, 1.54) is 0 Å². The fraction of sp³-hybridized carbons (Fsp3) is 0.600. The highest BCUT2D eigenvalue weighted by Crippen LogP contribution is 2.27. The summed E-state index contributed by atoms with van der Waals surface area (Å²) in [6.07, 6.45) is 0. The Balaban J connectivity index is 2.83. The Bertz CT molecular complexity index is 623. The predicted octanol–water partition coefficient (Wildman–Crippen LogP) is 1.77. The Morgan fingerprint density at radius 2 is 1.89 bits per heavy atom. The number of guanidine groups is 1. The Morgan fingerprint density at radius 1 is 1.22 bits per heavy atom. The number of nitrogens with zero attached hydrogens (tertiary/aromatic N) is 2. The molecule has 0 saturated heterocycles. The summed E-state index contributed by atoms with van der Waals surface area (Å²) in [5.74, 6) is 1.36. The number of likely N-dealkylation sites (N-methyl/N-ethyl adjacent to an activating group) is 1. The van der Waals surface area contributed by atoms with Gasteiger partial charge in [-0.3, -0.25) is 4.79 Å². The van der Waals surface area contributed by atoms with Crippen LogP contribution >= 0.6 is 0 Å². The zero-order valence-electron chi connectivity index (χ0n) is 17.7. The van der Waals surface area contributed by atoms with Crippen LogP contribution < -0.4 is 20.7 Å². The van der Waals surface area contributed by atoms with Crippen LogP contribution in [0.3, 0.4) is 0 Å². The van der Waals surface area contributed by atoms with Gasteiger partial charge in [0, 0.05) is 24.2 Å². The van der Waals surface area contributed by atoms with Gasteiger partial charge in [-0.25, -0.2) is 4.99 Å². The van der Waals surface area contributed by atoms with E-state index >= 15 is 0 Å². The molecule has 1 atom stereocenters. The van der Waals surface area contributed by atoms with E-state index in [-0.39, 0.29) is 24.0 Å². The lowest BCUT2D eigenvalue weighted by Gasteiger charge is -2.27. The van der Waals surface area contributed by atoms with Crippen LogP contribution in [0.2, 0.25) is 0 Å². The lowest BCUT2D eigenvalue weighted by molar-refractivity contribution is -0.121. The number of ether oxygens (including phenoxy) is 1. The van der Waals surface area contributed by atoms with Gasteiger partial charge >= 0.3 is 0 Å². The standard InChI is InChI=1S/C20H35N5O2/c1-8-21-19(23-14-18(26)24-20(2,3)4)22-13-16(25(5)6)15-11-9-10-12-17(15)27-7/h9-12,16H,8,13-14H2,1-7H3,(H,24,26)(H2,21,22,23). The summed E-state index contributed by atoms with van der Waals surface area (Å²) in [7, 11) is 5.73. The lowest BCUT2D eigenvalue weighted by atomic mass is 10.0. The van der Waals surface area contributed by atoms with Crippen molar-refractivity contribution in [3.05, 3.63) is 29.8 Å². The smallest absolute Gasteiger partial charge is 0.242 e. The van der Waals surface area contributed by atoms with Crippen molar-refractivity contribution in [3.63, 3.8) is 0 Å². The minimum absolute atomic E-state index is 0.0773. The number of para-hydroxylation sites is 1. The SMILES string of the molecule is CCNC(=NCC(=O)NC(C)(C)C)NCC(c1ccccc1OC)N(C)C. The van der Waals surface area contributed by atoms with Crippen molar-refractivity contribution in [3.8, 4) is 5.75 Å². The molecule has 0 aliphatic carbocycles. The number of hydrogen-bond donors (Lipinski definition) is 3. The lowest BCUT2D eigenvalue weighted by Crippen LogP contribution is -2.44. The van der Waals surface area contributed by atoms with Crippen molar-refractivity contribution in [1.29, 1.82) is 0 Å². The summed E-state index contributed by atoms with van der Waals surface area (Å²) >= 11 is 0. The zero-order valence-corrected chi connectivity index (χ0v) is 17.7. The first-order valence-corrected chi connectivity index (χ1v) is 9.30. The molecule has 0 radical (unpaired) electrons. The molecule has 7 nitrogen and oxygen atoms in total. The maximum absolute atomic E-state index is 12.0. The van der Waals surface area contributed by atoms with Crippen LogP contribution in [-0.4, -0.2) is 63.1 Å². The summed E-state index contributed by atoms with van der Waals surface area (Å²) in [4.78, 5) is 18.5. The number of carbonyl (C=O) groups is 1. The largest absolute Gasteiger partial charge is 0.496 e. The second-order valence-electron chi connectivity index (χ2n) is 7.60. The van der Waals surface area contributed by atoms with Crippen molar-refractivity contribution in [2.75, 3.05) is 40.8 Å². The summed E-state index contributed by atoms with van der Waals surface area (Å²) in [5.41, 5.74) is 0.831. The Morgan fingerprint density at radius 3 is 2.44 bits per heavy atom. The van der Waals surface area contributed by atoms with Crippen molar-refractivity contribution in [2.45, 2.75) is 39.3 Å². The molecule has 0 spiro atoms. The fourth-order valence-electron chi connectivity index (χ4n) is 2.66. The molecule has 3 N–H and O–H groups in total. The molecular weight excluding hydrogens is 342 g/mol. The van der Waals surface area contributed by atoms with E-state index in [1.807, 2.05) is 60.0 Å². The summed E-state index contributed by atoms with van der Waals surface area (Å²) in [6.45, 7) is 9.27. The molecule has 7 heteroatoms. The number of benzene rings is 1. The van der Waals surface area contributed by atoms with Crippen LogP contribution in [-0.2, 0) is 4.79 Å². The quantitative estimate of drug-likeness (QED) is 0.475. The highest BCUT2D eigenvalue weighted by Gasteiger charge is 2.19. The zero-order chi connectivity index (χ0) is 20.4. The maximum atomic E-state index is 12.0. The van der Waals surface area contributed by atoms with Gasteiger partial charge in [-0.1, -0.05) is 18.2 Å². The Kier molecular flexibility index (Phi) is 9.08. The molecule has 1 rings (SSSR count). The molecule has 1 aromatic carbocycles. The Hall–Kier alpha value is -2.28. The average Bonchev–Trinajstić information content (AvgIpc) is 2.58. The molecule has 1 unspecified atom stereocenters. The van der Waals surface area contributed by atoms with Crippen molar-refractivity contribution in [2.24, 2.45) is 4.99 Å². The molecule has 0 bridgehead atoms. The number of amides is 1. The van der Waals surface area contributed by atoms with Crippen molar-refractivity contribution < 1.29 is 9.53 Å². The molecule has 0 aliphatic rings. The molecular formula is C20H35N5O2. The van der Waals surface area contributed by atoms with E-state index in [0.29, 0.717) is 19.0 Å². The van der Waals surface area contributed by atoms with E-state index < -0.39 is 0 Å². The van der Waals surface area contributed by atoms with E-state index in [9.17, 15) is 4.79 Å². The molecule has 27 heavy (non-hydrogen) atoms. The van der Waals surface area contributed by atoms with Gasteiger partial charge in [0.25, 0.3) is 0 Å². The van der Waals surface area contributed by atoms with E-state index in [1.54, 1.807) is 7.11 Å². The molecule has 0 heterocycles. The summed E-state index contributed by atoms with van der Waals surface area (Å²) in [6, 6.07) is 8.08. The normalized spacial score (nSPS) is 13.3. The first kappa shape index (κ1) is 22.8. The second-order valence-corrected chi connectivity index (χ2v) is 7.60. The van der Waals surface area contributed by atoms with E-state index in [2.05, 4.69) is 31.9 Å². The monoisotopic (exact) mass is 377 g/mol. The topological polar surface area (TPSA) is 78.0 Å². The van der Waals surface area contributed by atoms with Gasteiger partial charge in [0.15, 0.2) is 5.96 Å². The number of aliphatic imine (C=N–C) groups is 1. The maximum Gasteiger partial charge on any atom is 0.242 e. The van der Waals surface area contributed by atoms with Gasteiger partial charge < -0.3 is 25.6 Å². The highest BCUT2D eigenvalue weighted by atomic mass is 16.5. The first-order valence-electron chi connectivity index (χ1n) is 9.30. The third kappa shape index (κ3) is 8.30. The third-order valence-electron chi connectivity index (χ3n) is 3.82. The minimum Gasteiger partial charge on any atom is -0.496 e. The Labute approximate surface area is 163 Å². The van der Waals surface area contributed by atoms with Crippen LogP contribution in [0.15, 0.2) is 29.3 Å². The molecule has 1 aromatic rings. The van der Waals surface area contributed by atoms with Crippen LogP contribution in [0.1, 0.15) is 39.3 Å². The molecule has 0 aromatic heterocycles. The number of carbonyl (C=O) groups excluding carboxylic acids is 1. The van der Waals surface area contributed by atoms with Gasteiger partial charge in [0.1, 0.15) is 12.3 Å². The van der Waals surface area contributed by atoms with Gasteiger partial charge in [0.2, 0.25) is 5.91 Å². The first-order chi connectivity index (χ1) is 12.7. The molecule has 0 fully saturated rings. The average molecular weight is 378 g/mol. The van der Waals surface area contributed by atoms with Crippen LogP contribution in [0, 0.1) is 0 Å². The third-order valence-corrected chi connectivity index (χ3v) is 3.82. The fourth-order valence-corrected chi connectivity index (χ4v) is 2.66. The van der Waals surface area contributed by atoms with Crippen LogP contribution in [0.4, 0.5) is 0 Å². The summed E-state index contributed by atoms with van der Waals surface area (Å²) < 4.78 is 5.50. The van der Waals surface area contributed by atoms with Crippen molar-refractivity contribution in [1.82, 2.24) is 20.9 Å².